The fraction of sp³-hybridized carbons (Fsp3) is 0.111. The minimum Gasteiger partial charge on any atom is -0.478 e. The van der Waals surface area contributed by atoms with Crippen LogP contribution in [0.5, 0.6) is 0 Å². The lowest BCUT2D eigenvalue weighted by Crippen LogP contribution is -2.01. The molecule has 0 aliphatic rings. The van der Waals surface area contributed by atoms with Crippen LogP contribution >= 0.6 is 24.2 Å². The summed E-state index contributed by atoms with van der Waals surface area (Å²) in [5, 5.41) is 8.95. The van der Waals surface area contributed by atoms with Gasteiger partial charge in [0.1, 0.15) is 5.15 Å². The minimum atomic E-state index is -1.07. The van der Waals surface area contributed by atoms with Gasteiger partial charge in [0.2, 0.25) is 0 Å². The van der Waals surface area contributed by atoms with Gasteiger partial charge in [-0.05, 0) is 6.07 Å². The van der Waals surface area contributed by atoms with E-state index in [-0.39, 0.29) is 10.7 Å². The zero-order valence-electron chi connectivity index (χ0n) is 6.99. The first-order valence-corrected chi connectivity index (χ1v) is 4.64. The van der Waals surface area contributed by atoms with Crippen molar-refractivity contribution in [2.45, 2.75) is 0 Å². The summed E-state index contributed by atoms with van der Waals surface area (Å²) in [6, 6.07) is 1.27. The molecule has 1 aromatic rings. The SMILES string of the molecule is O=C(O)c1cc(Cl)ncc1C#CCS. The molecule has 1 aromatic heterocycles. The molecule has 0 atom stereocenters. The van der Waals surface area contributed by atoms with Crippen molar-refractivity contribution in [1.29, 1.82) is 0 Å². The number of aromatic nitrogens is 1. The second-order valence-electron chi connectivity index (χ2n) is 2.32. The van der Waals surface area contributed by atoms with Crippen LogP contribution in [0.1, 0.15) is 15.9 Å². The van der Waals surface area contributed by atoms with Crippen molar-refractivity contribution in [3.05, 3.63) is 28.5 Å². The smallest absolute Gasteiger partial charge is 0.337 e. The summed E-state index contributed by atoms with van der Waals surface area (Å²) in [6.07, 6.45) is 1.34. The van der Waals surface area contributed by atoms with E-state index in [1.54, 1.807) is 0 Å². The monoisotopic (exact) mass is 227 g/mol. The van der Waals surface area contributed by atoms with E-state index in [1.165, 1.54) is 12.3 Å². The lowest BCUT2D eigenvalue weighted by molar-refractivity contribution is 0.0696. The van der Waals surface area contributed by atoms with Crippen LogP contribution < -0.4 is 0 Å². The van der Waals surface area contributed by atoms with Gasteiger partial charge in [0, 0.05) is 6.20 Å². The van der Waals surface area contributed by atoms with Crippen LogP contribution in [0.15, 0.2) is 12.3 Å². The number of rotatable bonds is 1. The molecule has 72 valence electrons. The average molecular weight is 228 g/mol. The zero-order valence-corrected chi connectivity index (χ0v) is 8.64. The fourth-order valence-corrected chi connectivity index (χ4v) is 1.08. The molecule has 0 radical (unpaired) electrons. The Kier molecular flexibility index (Phi) is 3.81. The van der Waals surface area contributed by atoms with Crippen molar-refractivity contribution in [2.24, 2.45) is 0 Å². The Hall–Kier alpha value is -1.18. The van der Waals surface area contributed by atoms with E-state index >= 15 is 0 Å². The highest BCUT2D eigenvalue weighted by atomic mass is 35.5. The lowest BCUT2D eigenvalue weighted by atomic mass is 10.1. The van der Waals surface area contributed by atoms with Crippen LogP contribution in [0, 0.1) is 11.8 Å². The summed E-state index contributed by atoms with van der Waals surface area (Å²) in [7, 11) is 0. The van der Waals surface area contributed by atoms with Gasteiger partial charge >= 0.3 is 5.97 Å². The van der Waals surface area contributed by atoms with Crippen molar-refractivity contribution in [2.75, 3.05) is 5.75 Å². The number of thiol groups is 1. The number of hydrogen-bond donors (Lipinski definition) is 2. The molecule has 0 aliphatic heterocycles. The molecule has 3 nitrogen and oxygen atoms in total. The average Bonchev–Trinajstić information content (AvgIpc) is 2.15. The molecule has 1 rings (SSSR count). The third kappa shape index (κ3) is 2.66. The standard InChI is InChI=1S/C9H6ClNO2S/c10-8-4-7(9(12)13)6(5-11-8)2-1-3-14/h4-5,14H,3H2,(H,12,13). The van der Waals surface area contributed by atoms with Gasteiger partial charge in [-0.1, -0.05) is 23.4 Å². The Morgan fingerprint density at radius 1 is 1.71 bits per heavy atom. The van der Waals surface area contributed by atoms with Crippen molar-refractivity contribution in [3.63, 3.8) is 0 Å². The van der Waals surface area contributed by atoms with E-state index in [0.717, 1.165) is 0 Å². The van der Waals surface area contributed by atoms with Crippen molar-refractivity contribution >= 4 is 30.2 Å². The number of nitrogens with zero attached hydrogens (tertiary/aromatic N) is 1. The Bertz CT molecular complexity index is 423. The van der Waals surface area contributed by atoms with E-state index in [2.05, 4.69) is 29.5 Å². The molecular weight excluding hydrogens is 222 g/mol. The molecular formula is C9H6ClNO2S. The van der Waals surface area contributed by atoms with Gasteiger partial charge in [-0.2, -0.15) is 12.6 Å². The highest BCUT2D eigenvalue weighted by molar-refractivity contribution is 7.80. The molecule has 14 heavy (non-hydrogen) atoms. The van der Waals surface area contributed by atoms with Gasteiger partial charge in [-0.15, -0.1) is 0 Å². The number of carboxylic acid groups (broad SMARTS) is 1. The second-order valence-corrected chi connectivity index (χ2v) is 3.02. The normalized spacial score (nSPS) is 9.00. The first kappa shape index (κ1) is 10.9. The molecule has 0 amide bonds. The second kappa shape index (κ2) is 4.89. The Balaban J connectivity index is 3.22. The summed E-state index contributed by atoms with van der Waals surface area (Å²) in [6.45, 7) is 0. The fourth-order valence-electron chi connectivity index (χ4n) is 0.841. The molecule has 1 N–H and O–H groups in total. The van der Waals surface area contributed by atoms with E-state index in [1.807, 2.05) is 0 Å². The predicted octanol–water partition coefficient (Wildman–Crippen LogP) is 1.71. The number of carbonyl (C=O) groups is 1. The van der Waals surface area contributed by atoms with Crippen LogP contribution in [-0.4, -0.2) is 21.8 Å². The van der Waals surface area contributed by atoms with Crippen molar-refractivity contribution in [1.82, 2.24) is 4.98 Å². The molecule has 0 aromatic carbocycles. The van der Waals surface area contributed by atoms with Gasteiger partial charge < -0.3 is 5.11 Å². The lowest BCUT2D eigenvalue weighted by Gasteiger charge is -1.98. The van der Waals surface area contributed by atoms with Crippen molar-refractivity contribution < 1.29 is 9.90 Å². The number of pyridine rings is 1. The maximum atomic E-state index is 10.8. The van der Waals surface area contributed by atoms with Gasteiger partial charge in [-0.25, -0.2) is 9.78 Å². The minimum absolute atomic E-state index is 0.0549. The molecule has 0 saturated carbocycles. The number of carboxylic acids is 1. The molecule has 0 bridgehead atoms. The van der Waals surface area contributed by atoms with Gasteiger partial charge in [0.05, 0.1) is 16.9 Å². The summed E-state index contributed by atoms with van der Waals surface area (Å²) < 4.78 is 0. The Morgan fingerprint density at radius 3 is 3.00 bits per heavy atom. The maximum absolute atomic E-state index is 10.8. The van der Waals surface area contributed by atoms with Gasteiger partial charge in [0.15, 0.2) is 0 Å². The maximum Gasteiger partial charge on any atom is 0.337 e. The van der Waals surface area contributed by atoms with Crippen LogP contribution in [0.25, 0.3) is 0 Å². The molecule has 0 aliphatic carbocycles. The van der Waals surface area contributed by atoms with Crippen LogP contribution in [-0.2, 0) is 0 Å². The van der Waals surface area contributed by atoms with Crippen LogP contribution in [0.4, 0.5) is 0 Å². The quantitative estimate of drug-likeness (QED) is 0.436. The number of halogens is 1. The summed E-state index contributed by atoms with van der Waals surface area (Å²) in [5.41, 5.74) is 0.398. The first-order chi connectivity index (χ1) is 6.65. The van der Waals surface area contributed by atoms with Crippen LogP contribution in [0.3, 0.4) is 0 Å². The summed E-state index contributed by atoms with van der Waals surface area (Å²) in [4.78, 5) is 14.5. The van der Waals surface area contributed by atoms with Crippen LogP contribution in [0.2, 0.25) is 5.15 Å². The van der Waals surface area contributed by atoms with E-state index in [0.29, 0.717) is 11.3 Å². The summed E-state index contributed by atoms with van der Waals surface area (Å²) in [5.74, 6) is 4.58. The molecule has 0 saturated heterocycles. The highest BCUT2D eigenvalue weighted by Crippen LogP contribution is 2.12. The zero-order chi connectivity index (χ0) is 10.6. The van der Waals surface area contributed by atoms with Crippen molar-refractivity contribution in [3.8, 4) is 11.8 Å². The third-order valence-electron chi connectivity index (χ3n) is 1.40. The highest BCUT2D eigenvalue weighted by Gasteiger charge is 2.09. The molecule has 1 heterocycles. The van der Waals surface area contributed by atoms with Gasteiger partial charge in [-0.3, -0.25) is 0 Å². The molecule has 0 unspecified atom stereocenters. The molecule has 0 spiro atoms. The molecule has 5 heteroatoms. The Morgan fingerprint density at radius 2 is 2.43 bits per heavy atom. The third-order valence-corrected chi connectivity index (χ3v) is 1.77. The first-order valence-electron chi connectivity index (χ1n) is 3.63. The van der Waals surface area contributed by atoms with E-state index < -0.39 is 5.97 Å². The topological polar surface area (TPSA) is 50.2 Å². The number of hydrogen-bond acceptors (Lipinski definition) is 3. The predicted molar refractivity (Wildman–Crippen MR) is 56.9 cm³/mol. The largest absolute Gasteiger partial charge is 0.478 e. The summed E-state index contributed by atoms with van der Waals surface area (Å²) >= 11 is 9.45. The van der Waals surface area contributed by atoms with E-state index in [4.69, 9.17) is 16.7 Å². The number of aromatic carboxylic acids is 1. The Labute approximate surface area is 91.5 Å². The molecule has 0 fully saturated rings. The van der Waals surface area contributed by atoms with Gasteiger partial charge in [0.25, 0.3) is 0 Å². The van der Waals surface area contributed by atoms with E-state index in [9.17, 15) is 4.79 Å².